The fourth-order valence-electron chi connectivity index (χ4n) is 1.78. The number of carbonyl (C=O) groups is 1. The van der Waals surface area contributed by atoms with Crippen LogP contribution in [0.2, 0.25) is 0 Å². The molecule has 114 valence electrons. The standard InChI is InChI=1S/C17H18N2O3/c1-12-6-8-15(9-7-12)22-11-16(20)19-18-10-14-5-3-4-13(2)17(14)21/h3-10,21H,11H2,1-2H3,(H,19,20). The van der Waals surface area contributed by atoms with Crippen molar-refractivity contribution < 1.29 is 14.6 Å². The maximum atomic E-state index is 11.6. The monoisotopic (exact) mass is 298 g/mol. The average Bonchev–Trinajstić information content (AvgIpc) is 2.51. The highest BCUT2D eigenvalue weighted by Gasteiger charge is 2.03. The lowest BCUT2D eigenvalue weighted by atomic mass is 10.1. The number of aromatic hydroxyl groups is 1. The Morgan fingerprint density at radius 3 is 2.68 bits per heavy atom. The Balaban J connectivity index is 1.83. The van der Waals surface area contributed by atoms with E-state index < -0.39 is 0 Å². The summed E-state index contributed by atoms with van der Waals surface area (Å²) in [5.41, 5.74) is 4.77. The molecule has 0 aliphatic carbocycles. The maximum Gasteiger partial charge on any atom is 0.277 e. The molecule has 2 aromatic carbocycles. The second-order valence-corrected chi connectivity index (χ2v) is 4.91. The van der Waals surface area contributed by atoms with Crippen molar-refractivity contribution in [3.05, 3.63) is 59.2 Å². The molecular formula is C17H18N2O3. The van der Waals surface area contributed by atoms with Crippen LogP contribution in [0.1, 0.15) is 16.7 Å². The lowest BCUT2D eigenvalue weighted by molar-refractivity contribution is -0.123. The van der Waals surface area contributed by atoms with E-state index in [1.54, 1.807) is 37.3 Å². The SMILES string of the molecule is Cc1ccc(OCC(=O)NN=Cc2cccc(C)c2O)cc1. The summed E-state index contributed by atoms with van der Waals surface area (Å²) in [6.07, 6.45) is 1.39. The molecule has 0 heterocycles. The van der Waals surface area contributed by atoms with Gasteiger partial charge >= 0.3 is 0 Å². The summed E-state index contributed by atoms with van der Waals surface area (Å²) in [4.78, 5) is 11.6. The predicted molar refractivity (Wildman–Crippen MR) is 85.3 cm³/mol. The highest BCUT2D eigenvalue weighted by molar-refractivity contribution is 5.85. The van der Waals surface area contributed by atoms with Gasteiger partial charge in [-0.1, -0.05) is 29.8 Å². The van der Waals surface area contributed by atoms with Crippen molar-refractivity contribution in [2.24, 2.45) is 5.10 Å². The van der Waals surface area contributed by atoms with Crippen molar-refractivity contribution in [1.29, 1.82) is 0 Å². The molecule has 0 radical (unpaired) electrons. The molecule has 0 bridgehead atoms. The van der Waals surface area contributed by atoms with E-state index in [9.17, 15) is 9.90 Å². The third-order valence-corrected chi connectivity index (χ3v) is 3.05. The summed E-state index contributed by atoms with van der Waals surface area (Å²) in [6, 6.07) is 12.7. The molecule has 2 aromatic rings. The minimum atomic E-state index is -0.371. The molecule has 22 heavy (non-hydrogen) atoms. The molecular weight excluding hydrogens is 280 g/mol. The van der Waals surface area contributed by atoms with Crippen LogP contribution in [0.3, 0.4) is 0 Å². The summed E-state index contributed by atoms with van der Waals surface area (Å²) < 4.78 is 5.33. The molecule has 0 saturated heterocycles. The lowest BCUT2D eigenvalue weighted by Gasteiger charge is -2.05. The number of aryl methyl sites for hydroxylation is 2. The van der Waals surface area contributed by atoms with Gasteiger partial charge in [-0.3, -0.25) is 4.79 Å². The summed E-state index contributed by atoms with van der Waals surface area (Å²) in [7, 11) is 0. The van der Waals surface area contributed by atoms with E-state index in [1.807, 2.05) is 19.1 Å². The Kier molecular flexibility index (Phi) is 5.14. The molecule has 0 aromatic heterocycles. The van der Waals surface area contributed by atoms with Crippen LogP contribution in [-0.2, 0) is 4.79 Å². The van der Waals surface area contributed by atoms with Crippen molar-refractivity contribution in [1.82, 2.24) is 5.43 Å². The van der Waals surface area contributed by atoms with Crippen molar-refractivity contribution in [2.75, 3.05) is 6.61 Å². The first-order chi connectivity index (χ1) is 10.6. The molecule has 0 aliphatic heterocycles. The first-order valence-electron chi connectivity index (χ1n) is 6.86. The Bertz CT molecular complexity index is 679. The number of hydrazone groups is 1. The van der Waals surface area contributed by atoms with Crippen LogP contribution >= 0.6 is 0 Å². The van der Waals surface area contributed by atoms with Crippen LogP contribution in [0, 0.1) is 13.8 Å². The van der Waals surface area contributed by atoms with Crippen LogP contribution in [0.25, 0.3) is 0 Å². The zero-order valence-electron chi connectivity index (χ0n) is 12.5. The number of carbonyl (C=O) groups excluding carboxylic acids is 1. The smallest absolute Gasteiger partial charge is 0.277 e. The molecule has 0 fully saturated rings. The van der Waals surface area contributed by atoms with E-state index in [-0.39, 0.29) is 18.3 Å². The highest BCUT2D eigenvalue weighted by Crippen LogP contribution is 2.19. The first kappa shape index (κ1) is 15.6. The molecule has 1 amide bonds. The number of phenolic OH excluding ortho intramolecular Hbond substituents is 1. The Morgan fingerprint density at radius 1 is 1.23 bits per heavy atom. The number of hydrogen-bond donors (Lipinski definition) is 2. The number of rotatable bonds is 5. The van der Waals surface area contributed by atoms with Crippen molar-refractivity contribution in [3.8, 4) is 11.5 Å². The van der Waals surface area contributed by atoms with E-state index in [2.05, 4.69) is 10.5 Å². The van der Waals surface area contributed by atoms with Gasteiger partial charge < -0.3 is 9.84 Å². The zero-order valence-corrected chi connectivity index (χ0v) is 12.5. The molecule has 2 rings (SSSR count). The van der Waals surface area contributed by atoms with Gasteiger partial charge in [0.2, 0.25) is 0 Å². The Labute approximate surface area is 129 Å². The van der Waals surface area contributed by atoms with Crippen LogP contribution < -0.4 is 10.2 Å². The number of phenols is 1. The minimum Gasteiger partial charge on any atom is -0.507 e. The van der Waals surface area contributed by atoms with E-state index in [0.29, 0.717) is 11.3 Å². The summed E-state index contributed by atoms with van der Waals surface area (Å²) in [6.45, 7) is 3.65. The Hall–Kier alpha value is -2.82. The molecule has 0 aliphatic rings. The van der Waals surface area contributed by atoms with E-state index in [1.165, 1.54) is 6.21 Å². The number of ether oxygens (including phenoxy) is 1. The molecule has 0 saturated carbocycles. The third-order valence-electron chi connectivity index (χ3n) is 3.05. The van der Waals surface area contributed by atoms with E-state index in [4.69, 9.17) is 4.74 Å². The molecule has 5 nitrogen and oxygen atoms in total. The summed E-state index contributed by atoms with van der Waals surface area (Å²) in [5.74, 6) is 0.404. The maximum absolute atomic E-state index is 11.6. The second kappa shape index (κ2) is 7.26. The topological polar surface area (TPSA) is 70.9 Å². The number of amides is 1. The van der Waals surface area contributed by atoms with Crippen molar-refractivity contribution in [2.45, 2.75) is 13.8 Å². The van der Waals surface area contributed by atoms with Gasteiger partial charge in [0.05, 0.1) is 6.21 Å². The van der Waals surface area contributed by atoms with Gasteiger partial charge in [-0.25, -0.2) is 5.43 Å². The zero-order chi connectivity index (χ0) is 15.9. The van der Waals surface area contributed by atoms with Gasteiger partial charge in [-0.2, -0.15) is 5.10 Å². The van der Waals surface area contributed by atoms with E-state index >= 15 is 0 Å². The van der Waals surface area contributed by atoms with Crippen LogP contribution in [0.5, 0.6) is 11.5 Å². The quantitative estimate of drug-likeness (QED) is 0.658. The number of nitrogens with zero attached hydrogens (tertiary/aromatic N) is 1. The van der Waals surface area contributed by atoms with Gasteiger partial charge in [0, 0.05) is 5.56 Å². The largest absolute Gasteiger partial charge is 0.507 e. The van der Waals surface area contributed by atoms with Gasteiger partial charge in [0.25, 0.3) is 5.91 Å². The van der Waals surface area contributed by atoms with Gasteiger partial charge in [0.1, 0.15) is 11.5 Å². The van der Waals surface area contributed by atoms with Crippen LogP contribution in [-0.4, -0.2) is 23.8 Å². The summed E-state index contributed by atoms with van der Waals surface area (Å²) >= 11 is 0. The van der Waals surface area contributed by atoms with E-state index in [0.717, 1.165) is 11.1 Å². The van der Waals surface area contributed by atoms with Gasteiger partial charge in [0.15, 0.2) is 6.61 Å². The van der Waals surface area contributed by atoms with Crippen molar-refractivity contribution >= 4 is 12.1 Å². The van der Waals surface area contributed by atoms with Crippen LogP contribution in [0.15, 0.2) is 47.6 Å². The molecule has 0 atom stereocenters. The minimum absolute atomic E-state index is 0.125. The second-order valence-electron chi connectivity index (χ2n) is 4.91. The van der Waals surface area contributed by atoms with Gasteiger partial charge in [-0.15, -0.1) is 0 Å². The number of benzene rings is 2. The fourth-order valence-corrected chi connectivity index (χ4v) is 1.78. The molecule has 0 unspecified atom stereocenters. The fraction of sp³-hybridized carbons (Fsp3) is 0.176. The van der Waals surface area contributed by atoms with Crippen molar-refractivity contribution in [3.63, 3.8) is 0 Å². The number of para-hydroxylation sites is 1. The predicted octanol–water partition coefficient (Wildman–Crippen LogP) is 2.54. The molecule has 2 N–H and O–H groups in total. The Morgan fingerprint density at radius 2 is 1.95 bits per heavy atom. The van der Waals surface area contributed by atoms with Crippen LogP contribution in [0.4, 0.5) is 0 Å². The first-order valence-corrected chi connectivity index (χ1v) is 6.86. The highest BCUT2D eigenvalue weighted by atomic mass is 16.5. The third kappa shape index (κ3) is 4.34. The molecule has 5 heteroatoms. The average molecular weight is 298 g/mol. The number of hydrogen-bond acceptors (Lipinski definition) is 4. The summed E-state index contributed by atoms with van der Waals surface area (Å²) in [5, 5.41) is 13.6. The lowest BCUT2D eigenvalue weighted by Crippen LogP contribution is -2.24. The molecule has 0 spiro atoms. The van der Waals surface area contributed by atoms with Gasteiger partial charge in [-0.05, 0) is 37.6 Å². The normalized spacial score (nSPS) is 10.6. The number of nitrogens with one attached hydrogen (secondary N) is 1.